The normalized spacial score (nSPS) is 34.9. The van der Waals surface area contributed by atoms with E-state index in [1.807, 2.05) is 0 Å². The highest BCUT2D eigenvalue weighted by molar-refractivity contribution is 5.42. The highest BCUT2D eigenvalue weighted by Crippen LogP contribution is 2.33. The van der Waals surface area contributed by atoms with Crippen molar-refractivity contribution in [3.63, 3.8) is 0 Å². The molecule has 1 N–H and O–H groups in total. The fourth-order valence-electron chi connectivity index (χ4n) is 3.82. The molecule has 0 aliphatic carbocycles. The zero-order valence-electron chi connectivity index (χ0n) is 18.6. The summed E-state index contributed by atoms with van der Waals surface area (Å²) in [6.45, 7) is -1.38. The van der Waals surface area contributed by atoms with Crippen LogP contribution in [-0.2, 0) is 80.9 Å². The summed E-state index contributed by atoms with van der Waals surface area (Å²) in [5.41, 5.74) is 0. The first kappa shape index (κ1) is 29.4. The summed E-state index contributed by atoms with van der Waals surface area (Å²) in [6, 6.07) is 0. The molecule has 37 heavy (non-hydrogen) atoms. The second-order valence-corrected chi connectivity index (χ2v) is 7.05. The number of carbonyl (C=O) groups excluding carboxylic acids is 7. The topological polar surface area (TPSA) is 232 Å². The predicted molar refractivity (Wildman–Crippen MR) is 103 cm³/mol. The molecule has 0 bridgehead atoms. The van der Waals surface area contributed by atoms with Crippen LogP contribution in [0.25, 0.3) is 0 Å². The van der Waals surface area contributed by atoms with Crippen molar-refractivity contribution >= 4 is 45.3 Å². The van der Waals surface area contributed by atoms with Gasteiger partial charge in [-0.2, -0.15) is 0 Å². The minimum Gasteiger partial charge on any atom is -0.465 e. The number of rotatable bonds is 18. The summed E-state index contributed by atoms with van der Waals surface area (Å²) in [4.78, 5) is 77.0. The van der Waals surface area contributed by atoms with Crippen LogP contribution in [0.3, 0.4) is 0 Å². The Hall–Kier alpha value is -3.87. The third-order valence-electron chi connectivity index (χ3n) is 5.21. The molecule has 18 nitrogen and oxygen atoms in total. The van der Waals surface area contributed by atoms with Gasteiger partial charge in [-0.25, -0.2) is 0 Å². The average molecular weight is 538 g/mol. The Labute approximate surface area is 206 Å². The molecule has 2 fully saturated rings. The summed E-state index contributed by atoms with van der Waals surface area (Å²) in [7, 11) is 0. The Morgan fingerprint density at radius 1 is 0.514 bits per heavy atom. The number of aliphatic hydroxyl groups is 1. The van der Waals surface area contributed by atoms with Gasteiger partial charge in [-0.1, -0.05) is 0 Å². The molecule has 206 valence electrons. The van der Waals surface area contributed by atoms with E-state index in [1.165, 1.54) is 0 Å². The van der Waals surface area contributed by atoms with Crippen molar-refractivity contribution in [1.29, 1.82) is 0 Å². The van der Waals surface area contributed by atoms with E-state index in [0.29, 0.717) is 0 Å². The van der Waals surface area contributed by atoms with Gasteiger partial charge in [-0.3, -0.25) is 33.6 Å². The third kappa shape index (κ3) is 7.32. The molecule has 0 radical (unpaired) electrons. The van der Waals surface area contributed by atoms with Gasteiger partial charge in [0.15, 0.2) is 43.1 Å². The molecule has 0 aromatic rings. The molecule has 2 saturated heterocycles. The number of ether oxygens (including phenoxy) is 10. The SMILES string of the molecule is O=COC[C@H]1O[C@H](O[C@H]2[C@H](OC=O)[C@@H](OC=O)C(O)O[C@@H]2COC=O)[C@H](OC=O)[C@@H](OC=O)[C@@H]1OC=O. The van der Waals surface area contributed by atoms with Crippen molar-refractivity contribution in [2.45, 2.75) is 61.4 Å². The van der Waals surface area contributed by atoms with Crippen molar-refractivity contribution < 1.29 is 86.0 Å². The fourth-order valence-corrected chi connectivity index (χ4v) is 3.82. The summed E-state index contributed by atoms with van der Waals surface area (Å²) in [6.07, 6.45) is -16.0. The predicted octanol–water partition coefficient (Wildman–Crippen LogP) is -4.13. The Morgan fingerprint density at radius 2 is 0.946 bits per heavy atom. The van der Waals surface area contributed by atoms with E-state index in [-0.39, 0.29) is 45.3 Å². The molecule has 2 aliphatic rings. The van der Waals surface area contributed by atoms with Gasteiger partial charge in [0.05, 0.1) is 0 Å². The van der Waals surface area contributed by atoms with E-state index in [0.717, 1.165) is 0 Å². The van der Waals surface area contributed by atoms with Gasteiger partial charge in [-0.15, -0.1) is 0 Å². The molecule has 0 aromatic heterocycles. The van der Waals surface area contributed by atoms with Crippen LogP contribution < -0.4 is 0 Å². The van der Waals surface area contributed by atoms with Gasteiger partial charge in [0.25, 0.3) is 45.3 Å². The molecule has 0 amide bonds. The van der Waals surface area contributed by atoms with E-state index >= 15 is 0 Å². The monoisotopic (exact) mass is 538 g/mol. The quantitative estimate of drug-likeness (QED) is 0.129. The number of hydrogen-bond donors (Lipinski definition) is 1. The van der Waals surface area contributed by atoms with Crippen LogP contribution >= 0.6 is 0 Å². The Morgan fingerprint density at radius 3 is 1.46 bits per heavy atom. The highest BCUT2D eigenvalue weighted by Gasteiger charge is 2.56. The summed E-state index contributed by atoms with van der Waals surface area (Å²) in [5, 5.41) is 10.2. The number of aliphatic hydroxyl groups excluding tert-OH is 1. The smallest absolute Gasteiger partial charge is 0.293 e. The van der Waals surface area contributed by atoms with Crippen LogP contribution in [0.5, 0.6) is 0 Å². The van der Waals surface area contributed by atoms with Gasteiger partial charge in [0.2, 0.25) is 0 Å². The molecular weight excluding hydrogens is 516 g/mol. The molecule has 1 unspecified atom stereocenters. The lowest BCUT2D eigenvalue weighted by Crippen LogP contribution is -2.66. The van der Waals surface area contributed by atoms with Crippen molar-refractivity contribution in [2.24, 2.45) is 0 Å². The molecule has 2 aliphatic heterocycles. The Kier molecular flexibility index (Phi) is 12.1. The van der Waals surface area contributed by atoms with Crippen LogP contribution in [0.4, 0.5) is 0 Å². The van der Waals surface area contributed by atoms with Crippen molar-refractivity contribution in [3.05, 3.63) is 0 Å². The van der Waals surface area contributed by atoms with Crippen LogP contribution in [0, 0.1) is 0 Å². The minimum absolute atomic E-state index is 0.0271. The van der Waals surface area contributed by atoms with Gasteiger partial charge in [-0.05, 0) is 0 Å². The first-order chi connectivity index (χ1) is 18.0. The van der Waals surface area contributed by atoms with Crippen molar-refractivity contribution in [1.82, 2.24) is 0 Å². The molecule has 2 heterocycles. The maximum Gasteiger partial charge on any atom is 0.293 e. The fraction of sp³-hybridized carbons (Fsp3) is 0.632. The molecule has 2 rings (SSSR count). The maximum absolute atomic E-state index is 11.2. The summed E-state index contributed by atoms with van der Waals surface area (Å²) >= 11 is 0. The van der Waals surface area contributed by atoms with Crippen LogP contribution in [0.1, 0.15) is 0 Å². The Balaban J connectivity index is 2.48. The average Bonchev–Trinajstić information content (AvgIpc) is 2.88. The zero-order chi connectivity index (χ0) is 27.2. The van der Waals surface area contributed by atoms with Crippen molar-refractivity contribution in [2.75, 3.05) is 13.2 Å². The van der Waals surface area contributed by atoms with Crippen LogP contribution in [0.2, 0.25) is 0 Å². The molecule has 18 heteroatoms. The van der Waals surface area contributed by atoms with E-state index in [4.69, 9.17) is 37.9 Å². The third-order valence-corrected chi connectivity index (χ3v) is 5.21. The largest absolute Gasteiger partial charge is 0.465 e. The summed E-state index contributed by atoms with van der Waals surface area (Å²) < 4.78 is 50.5. The molecule has 0 saturated carbocycles. The minimum atomic E-state index is -1.88. The summed E-state index contributed by atoms with van der Waals surface area (Å²) in [5.74, 6) is 0. The van der Waals surface area contributed by atoms with Crippen LogP contribution in [0.15, 0.2) is 0 Å². The highest BCUT2D eigenvalue weighted by atomic mass is 16.8. The lowest BCUT2D eigenvalue weighted by atomic mass is 9.96. The lowest BCUT2D eigenvalue weighted by Gasteiger charge is -2.47. The molecule has 10 atom stereocenters. The van der Waals surface area contributed by atoms with E-state index in [1.54, 1.807) is 0 Å². The first-order valence-electron chi connectivity index (χ1n) is 10.2. The van der Waals surface area contributed by atoms with Gasteiger partial charge < -0.3 is 52.5 Å². The van der Waals surface area contributed by atoms with Gasteiger partial charge >= 0.3 is 0 Å². The lowest BCUT2D eigenvalue weighted by molar-refractivity contribution is -0.354. The molecular formula is C19H22O18. The zero-order valence-corrected chi connectivity index (χ0v) is 18.6. The number of carbonyl (C=O) groups is 7. The van der Waals surface area contributed by atoms with Gasteiger partial charge in [0, 0.05) is 0 Å². The van der Waals surface area contributed by atoms with Gasteiger partial charge in [0.1, 0.15) is 31.5 Å². The number of hydrogen-bond acceptors (Lipinski definition) is 18. The van der Waals surface area contributed by atoms with E-state index in [2.05, 4.69) is 9.47 Å². The van der Waals surface area contributed by atoms with Crippen molar-refractivity contribution in [3.8, 4) is 0 Å². The van der Waals surface area contributed by atoms with E-state index in [9.17, 15) is 38.7 Å². The molecule has 0 spiro atoms. The first-order valence-corrected chi connectivity index (χ1v) is 10.2. The second kappa shape index (κ2) is 15.3. The Bertz CT molecular complexity index is 776. The maximum atomic E-state index is 11.2. The standard InChI is InChI=1S/C19H22O18/c20-3-28-1-10-12(30-5-22)14(31-6-23)17(34-9-26)19(36-10)37-13-11(2-29-4-21)35-18(27)16(33-8-25)15(13)32-7-24/h3-19,27H,1-2H2/t10-,11-,12-,13-,14+,15+,16-,17-,18?,19-/m1/s1. The second-order valence-electron chi connectivity index (χ2n) is 7.05. The van der Waals surface area contributed by atoms with E-state index < -0.39 is 74.6 Å². The van der Waals surface area contributed by atoms with Crippen LogP contribution in [-0.4, -0.2) is 125 Å². The molecule has 0 aromatic carbocycles.